The fourth-order valence-electron chi connectivity index (χ4n) is 0.371. The van der Waals surface area contributed by atoms with Crippen molar-refractivity contribution < 1.29 is 29.6 Å². The Morgan fingerprint density at radius 1 is 1.47 bits per heavy atom. The average Bonchev–Trinajstić information content (AvgIpc) is 2.26. The maximum absolute atomic E-state index is 10.6. The number of ether oxygens (including phenoxy) is 1. The van der Waals surface area contributed by atoms with Gasteiger partial charge in [0.1, 0.15) is 6.10 Å². The smallest absolute Gasteiger partial charge is 0.332 e. The van der Waals surface area contributed by atoms with Crippen LogP contribution < -0.4 is 0 Å². The van der Waals surface area contributed by atoms with E-state index in [0.717, 1.165) is 6.08 Å². The first-order valence-electron chi connectivity index (χ1n) is 4.97. The van der Waals surface area contributed by atoms with Crippen LogP contribution in [0.3, 0.4) is 0 Å². The molecule has 0 rings (SSSR count). The highest BCUT2D eigenvalue weighted by Crippen LogP contribution is 2.13. The molecule has 0 aromatic rings. The summed E-state index contributed by atoms with van der Waals surface area (Å²) >= 11 is 0. The lowest BCUT2D eigenvalue weighted by Crippen LogP contribution is -2.24. The van der Waals surface area contributed by atoms with Crippen LogP contribution in [0.1, 0.15) is 20.8 Å². The van der Waals surface area contributed by atoms with Crippen molar-refractivity contribution >= 4 is 11.9 Å². The molecule has 0 aliphatic carbocycles. The van der Waals surface area contributed by atoms with Crippen LogP contribution in [-0.2, 0) is 14.3 Å². The predicted octanol–water partition coefficient (Wildman–Crippen LogP) is 0.186. The van der Waals surface area contributed by atoms with E-state index < -0.39 is 18.0 Å². The molecule has 0 amide bonds. The largest absolute Gasteiger partial charge is 0.479 e. The predicted molar refractivity (Wildman–Crippen MR) is 61.3 cm³/mol. The van der Waals surface area contributed by atoms with Crippen molar-refractivity contribution in [3.8, 4) is 0 Å². The van der Waals surface area contributed by atoms with Crippen LogP contribution in [0.15, 0.2) is 12.7 Å². The van der Waals surface area contributed by atoms with Crippen molar-refractivity contribution in [1.29, 1.82) is 0 Å². The standard InChI is InChI=1S/C8H14O3.C3H6O3/c1-4-7(10)11-6-8(2,3)5-9;1-2(4)3(5)6/h4,9H,1,5-6H2,2-3H3;2,4H,1H3,(H,5,6). The molecule has 0 spiro atoms. The van der Waals surface area contributed by atoms with Gasteiger partial charge < -0.3 is 20.1 Å². The van der Waals surface area contributed by atoms with E-state index in [-0.39, 0.29) is 18.6 Å². The van der Waals surface area contributed by atoms with Crippen LogP contribution in [0, 0.1) is 5.41 Å². The lowest BCUT2D eigenvalue weighted by Gasteiger charge is -2.20. The first kappa shape index (κ1) is 18.0. The zero-order chi connectivity index (χ0) is 14.1. The summed E-state index contributed by atoms with van der Waals surface area (Å²) in [5, 5.41) is 24.5. The fourth-order valence-corrected chi connectivity index (χ4v) is 0.371. The molecule has 0 heterocycles. The van der Waals surface area contributed by atoms with Gasteiger partial charge in [0.05, 0.1) is 13.2 Å². The van der Waals surface area contributed by atoms with Crippen molar-refractivity contribution in [1.82, 2.24) is 0 Å². The van der Waals surface area contributed by atoms with Crippen LogP contribution >= 0.6 is 0 Å². The molecule has 1 atom stereocenters. The third kappa shape index (κ3) is 12.5. The summed E-state index contributed by atoms with van der Waals surface area (Å²) in [7, 11) is 0. The van der Waals surface area contributed by atoms with E-state index >= 15 is 0 Å². The molecule has 3 N–H and O–H groups in total. The number of carboxylic acid groups (broad SMARTS) is 1. The molecular weight excluding hydrogens is 228 g/mol. The number of carbonyl (C=O) groups is 2. The van der Waals surface area contributed by atoms with Gasteiger partial charge in [-0.2, -0.15) is 0 Å². The molecule has 6 heteroatoms. The van der Waals surface area contributed by atoms with Crippen molar-refractivity contribution in [2.24, 2.45) is 5.41 Å². The third-order valence-electron chi connectivity index (χ3n) is 1.56. The van der Waals surface area contributed by atoms with Crippen LogP contribution in [0.4, 0.5) is 0 Å². The Labute approximate surface area is 101 Å². The molecule has 0 fully saturated rings. The molecule has 0 bridgehead atoms. The zero-order valence-electron chi connectivity index (χ0n) is 10.3. The number of aliphatic hydroxyl groups excluding tert-OH is 2. The molecule has 0 saturated carbocycles. The minimum absolute atomic E-state index is 0.00256. The second-order valence-electron chi connectivity index (χ2n) is 4.15. The number of aliphatic hydroxyl groups is 2. The maximum Gasteiger partial charge on any atom is 0.332 e. The summed E-state index contributed by atoms with van der Waals surface area (Å²) < 4.78 is 4.73. The van der Waals surface area contributed by atoms with Gasteiger partial charge in [-0.3, -0.25) is 0 Å². The molecule has 0 aliphatic rings. The third-order valence-corrected chi connectivity index (χ3v) is 1.56. The molecule has 100 valence electrons. The summed E-state index contributed by atoms with van der Waals surface area (Å²) in [5.41, 5.74) is -0.362. The molecular formula is C11H20O6. The van der Waals surface area contributed by atoms with Crippen LogP contribution in [0.2, 0.25) is 0 Å². The molecule has 17 heavy (non-hydrogen) atoms. The van der Waals surface area contributed by atoms with Crippen LogP contribution in [0.25, 0.3) is 0 Å². The molecule has 0 aromatic heterocycles. The average molecular weight is 248 g/mol. The first-order chi connectivity index (χ1) is 7.66. The molecule has 0 aromatic carbocycles. The Bertz CT molecular complexity index is 257. The highest BCUT2D eigenvalue weighted by molar-refractivity contribution is 5.81. The van der Waals surface area contributed by atoms with Crippen LogP contribution in [0.5, 0.6) is 0 Å². The summed E-state index contributed by atoms with van der Waals surface area (Å²) in [6.07, 6.45) is -0.127. The summed E-state index contributed by atoms with van der Waals surface area (Å²) in [6, 6.07) is 0. The van der Waals surface area contributed by atoms with Gasteiger partial charge in [0.25, 0.3) is 0 Å². The van der Waals surface area contributed by atoms with E-state index in [1.165, 1.54) is 6.92 Å². The minimum atomic E-state index is -1.23. The van der Waals surface area contributed by atoms with E-state index in [2.05, 4.69) is 6.58 Å². The van der Waals surface area contributed by atoms with Gasteiger partial charge in [0.2, 0.25) is 0 Å². The Balaban J connectivity index is 0. The van der Waals surface area contributed by atoms with Crippen molar-refractivity contribution in [2.45, 2.75) is 26.9 Å². The molecule has 1 unspecified atom stereocenters. The molecule has 6 nitrogen and oxygen atoms in total. The van der Waals surface area contributed by atoms with Gasteiger partial charge in [-0.1, -0.05) is 20.4 Å². The Morgan fingerprint density at radius 3 is 2.12 bits per heavy atom. The topological polar surface area (TPSA) is 104 Å². The number of carbonyl (C=O) groups excluding carboxylic acids is 1. The lowest BCUT2D eigenvalue weighted by molar-refractivity contribution is -0.145. The second kappa shape index (κ2) is 8.72. The highest BCUT2D eigenvalue weighted by atomic mass is 16.5. The number of esters is 1. The van der Waals surface area contributed by atoms with Gasteiger partial charge in [0, 0.05) is 11.5 Å². The SMILES string of the molecule is C=CC(=O)OCC(C)(C)CO.CC(O)C(=O)O. The Kier molecular flexibility index (Phi) is 9.22. The van der Waals surface area contributed by atoms with Crippen molar-refractivity contribution in [3.05, 3.63) is 12.7 Å². The number of aliphatic carboxylic acids is 1. The van der Waals surface area contributed by atoms with E-state index in [4.69, 9.17) is 20.1 Å². The van der Waals surface area contributed by atoms with Crippen molar-refractivity contribution in [2.75, 3.05) is 13.2 Å². The van der Waals surface area contributed by atoms with E-state index in [1.54, 1.807) is 0 Å². The van der Waals surface area contributed by atoms with E-state index in [9.17, 15) is 9.59 Å². The Hall–Kier alpha value is -1.40. The van der Waals surface area contributed by atoms with Gasteiger partial charge in [-0.15, -0.1) is 0 Å². The second-order valence-corrected chi connectivity index (χ2v) is 4.15. The first-order valence-corrected chi connectivity index (χ1v) is 4.97. The highest BCUT2D eigenvalue weighted by Gasteiger charge is 2.17. The monoisotopic (exact) mass is 248 g/mol. The fraction of sp³-hybridized carbons (Fsp3) is 0.636. The van der Waals surface area contributed by atoms with Gasteiger partial charge in [-0.25, -0.2) is 9.59 Å². The molecule has 0 radical (unpaired) electrons. The normalized spacial score (nSPS) is 11.8. The number of hydrogen-bond acceptors (Lipinski definition) is 5. The molecule has 0 aliphatic heterocycles. The van der Waals surface area contributed by atoms with Gasteiger partial charge in [0.15, 0.2) is 0 Å². The summed E-state index contributed by atoms with van der Waals surface area (Å²) in [4.78, 5) is 20.0. The lowest BCUT2D eigenvalue weighted by atomic mass is 9.97. The van der Waals surface area contributed by atoms with Crippen LogP contribution in [-0.4, -0.2) is 46.6 Å². The molecule has 0 saturated heterocycles. The van der Waals surface area contributed by atoms with Crippen molar-refractivity contribution in [3.63, 3.8) is 0 Å². The van der Waals surface area contributed by atoms with Gasteiger partial charge >= 0.3 is 11.9 Å². The Morgan fingerprint density at radius 2 is 1.88 bits per heavy atom. The number of hydrogen-bond donors (Lipinski definition) is 3. The quantitative estimate of drug-likeness (QED) is 0.474. The maximum atomic E-state index is 10.6. The number of carboxylic acids is 1. The summed E-state index contributed by atoms with van der Waals surface area (Å²) in [6.45, 7) is 8.28. The van der Waals surface area contributed by atoms with E-state index in [1.807, 2.05) is 13.8 Å². The zero-order valence-corrected chi connectivity index (χ0v) is 10.3. The van der Waals surface area contributed by atoms with Gasteiger partial charge in [-0.05, 0) is 6.92 Å². The van der Waals surface area contributed by atoms with E-state index in [0.29, 0.717) is 0 Å². The minimum Gasteiger partial charge on any atom is -0.479 e. The summed E-state index contributed by atoms with van der Waals surface area (Å²) in [5.74, 6) is -1.64. The number of rotatable bonds is 5.